The summed E-state index contributed by atoms with van der Waals surface area (Å²) >= 11 is 0. The molecule has 29 heavy (non-hydrogen) atoms. The van der Waals surface area contributed by atoms with Gasteiger partial charge in [0.1, 0.15) is 12.3 Å². The van der Waals surface area contributed by atoms with Gasteiger partial charge in [0.05, 0.1) is 18.1 Å². The van der Waals surface area contributed by atoms with E-state index in [0.29, 0.717) is 36.9 Å². The molecule has 154 valence electrons. The first-order valence-corrected chi connectivity index (χ1v) is 9.14. The number of likely N-dealkylation sites (N-methyl/N-ethyl adjacent to an activating group) is 1. The molecule has 1 N–H and O–H groups in total. The highest BCUT2D eigenvalue weighted by molar-refractivity contribution is 5.95. The van der Waals surface area contributed by atoms with Gasteiger partial charge >= 0.3 is 0 Å². The third-order valence-corrected chi connectivity index (χ3v) is 4.45. The number of anilines is 1. The Balaban J connectivity index is 1.67. The lowest BCUT2D eigenvalue weighted by Gasteiger charge is -2.29. The van der Waals surface area contributed by atoms with Gasteiger partial charge in [-0.05, 0) is 24.3 Å². The van der Waals surface area contributed by atoms with Crippen LogP contribution >= 0.6 is 0 Å². The lowest BCUT2D eigenvalue weighted by Crippen LogP contribution is -2.41. The van der Waals surface area contributed by atoms with Crippen molar-refractivity contribution >= 4 is 17.3 Å². The molecular weight excluding hydrogens is 378 g/mol. The maximum atomic E-state index is 12.8. The van der Waals surface area contributed by atoms with Crippen LogP contribution < -0.4 is 14.8 Å². The van der Waals surface area contributed by atoms with E-state index in [1.165, 1.54) is 17.0 Å². The molecule has 0 saturated heterocycles. The number of methoxy groups -OCH3 is 1. The molecule has 1 atom stereocenters. The van der Waals surface area contributed by atoms with Crippen LogP contribution in [0.5, 0.6) is 11.5 Å². The minimum absolute atomic E-state index is 0.161. The number of carbonyl (C=O) groups is 1. The van der Waals surface area contributed by atoms with Crippen LogP contribution in [0.4, 0.5) is 11.4 Å². The van der Waals surface area contributed by atoms with E-state index in [2.05, 4.69) is 5.32 Å². The predicted octanol–water partition coefficient (Wildman–Crippen LogP) is 2.57. The minimum atomic E-state index is -0.513. The molecule has 2 aromatic carbocycles. The van der Waals surface area contributed by atoms with Crippen LogP contribution in [-0.4, -0.2) is 62.3 Å². The number of carbonyl (C=O) groups excluding carboxylic acids is 1. The largest absolute Gasteiger partial charge is 0.486 e. The summed E-state index contributed by atoms with van der Waals surface area (Å²) in [7, 11) is 3.18. The smallest absolute Gasteiger partial charge is 0.293 e. The monoisotopic (exact) mass is 401 g/mol. The Morgan fingerprint density at radius 2 is 2.07 bits per heavy atom. The van der Waals surface area contributed by atoms with Crippen molar-refractivity contribution in [2.24, 2.45) is 0 Å². The molecule has 1 amide bonds. The topological polar surface area (TPSA) is 103 Å². The van der Waals surface area contributed by atoms with Crippen LogP contribution in [0.2, 0.25) is 0 Å². The molecule has 1 aliphatic heterocycles. The van der Waals surface area contributed by atoms with Crippen LogP contribution in [0, 0.1) is 10.1 Å². The molecule has 0 unspecified atom stereocenters. The van der Waals surface area contributed by atoms with E-state index in [4.69, 9.17) is 14.2 Å². The first-order chi connectivity index (χ1) is 14.0. The highest BCUT2D eigenvalue weighted by Crippen LogP contribution is 2.31. The maximum absolute atomic E-state index is 12.8. The van der Waals surface area contributed by atoms with E-state index >= 15 is 0 Å². The average Bonchev–Trinajstić information content (AvgIpc) is 2.73. The molecule has 9 nitrogen and oxygen atoms in total. The van der Waals surface area contributed by atoms with Gasteiger partial charge in [-0.1, -0.05) is 12.1 Å². The molecule has 0 saturated carbocycles. The predicted molar refractivity (Wildman–Crippen MR) is 107 cm³/mol. The normalized spacial score (nSPS) is 14.9. The Morgan fingerprint density at radius 3 is 2.79 bits per heavy atom. The first kappa shape index (κ1) is 20.4. The number of ether oxygens (including phenoxy) is 3. The van der Waals surface area contributed by atoms with Crippen molar-refractivity contribution in [2.75, 3.05) is 45.8 Å². The van der Waals surface area contributed by atoms with Crippen LogP contribution in [-0.2, 0) is 4.74 Å². The van der Waals surface area contributed by atoms with Crippen molar-refractivity contribution in [3.63, 3.8) is 0 Å². The summed E-state index contributed by atoms with van der Waals surface area (Å²) in [5.74, 6) is 0.968. The average molecular weight is 401 g/mol. The fourth-order valence-corrected chi connectivity index (χ4v) is 3.01. The number of nitrogens with zero attached hydrogens (tertiary/aromatic N) is 2. The van der Waals surface area contributed by atoms with Crippen LogP contribution in [0.3, 0.4) is 0 Å². The summed E-state index contributed by atoms with van der Waals surface area (Å²) in [4.78, 5) is 25.1. The van der Waals surface area contributed by atoms with Crippen molar-refractivity contribution in [2.45, 2.75) is 6.10 Å². The molecule has 2 aromatic rings. The zero-order valence-corrected chi connectivity index (χ0v) is 16.3. The third kappa shape index (κ3) is 4.94. The van der Waals surface area contributed by atoms with Crippen molar-refractivity contribution in [3.05, 3.63) is 58.1 Å². The highest BCUT2D eigenvalue weighted by atomic mass is 16.6. The van der Waals surface area contributed by atoms with Crippen LogP contribution in [0.25, 0.3) is 0 Å². The number of benzene rings is 2. The molecule has 1 heterocycles. The van der Waals surface area contributed by atoms with Crippen LogP contribution in [0.15, 0.2) is 42.5 Å². The summed E-state index contributed by atoms with van der Waals surface area (Å²) < 4.78 is 16.5. The molecule has 0 bridgehead atoms. The molecule has 3 rings (SSSR count). The first-order valence-electron chi connectivity index (χ1n) is 9.14. The quantitative estimate of drug-likeness (QED) is 0.412. The zero-order valence-electron chi connectivity index (χ0n) is 16.3. The number of hydrogen-bond donors (Lipinski definition) is 1. The van der Waals surface area contributed by atoms with E-state index < -0.39 is 4.92 Å². The van der Waals surface area contributed by atoms with Gasteiger partial charge in [0, 0.05) is 32.3 Å². The molecule has 0 radical (unpaired) electrons. The molecule has 9 heteroatoms. The van der Waals surface area contributed by atoms with E-state index in [9.17, 15) is 14.9 Å². The standard InChI is InChI=1S/C20H23N3O6/c1-22(12-15-13-28-18-5-3-4-6-19(18)29-15)20(24)14-7-8-16(21-9-10-27-2)17(11-14)23(25)26/h3-8,11,15,21H,9-10,12-13H2,1-2H3/t15-/m1/s1. The molecule has 0 fully saturated rings. The molecule has 1 aliphatic rings. The second-order valence-corrected chi connectivity index (χ2v) is 6.59. The summed E-state index contributed by atoms with van der Waals surface area (Å²) in [6, 6.07) is 11.7. The fraction of sp³-hybridized carbons (Fsp3) is 0.350. The number of nitro groups is 1. The minimum Gasteiger partial charge on any atom is -0.486 e. The zero-order chi connectivity index (χ0) is 20.8. The number of hydrogen-bond acceptors (Lipinski definition) is 7. The Labute approximate surface area is 168 Å². The van der Waals surface area contributed by atoms with E-state index in [-0.39, 0.29) is 29.8 Å². The van der Waals surface area contributed by atoms with Gasteiger partial charge in [0.25, 0.3) is 11.6 Å². The fourth-order valence-electron chi connectivity index (χ4n) is 3.01. The maximum Gasteiger partial charge on any atom is 0.293 e. The number of nitro benzene ring substituents is 1. The van der Waals surface area contributed by atoms with Crippen molar-refractivity contribution in [1.82, 2.24) is 4.90 Å². The van der Waals surface area contributed by atoms with E-state index in [1.807, 2.05) is 24.3 Å². The Morgan fingerprint density at radius 1 is 1.31 bits per heavy atom. The summed E-state index contributed by atoms with van der Waals surface area (Å²) in [6.07, 6.45) is -0.330. The number of nitrogens with one attached hydrogen (secondary N) is 1. The number of rotatable bonds is 8. The highest BCUT2D eigenvalue weighted by Gasteiger charge is 2.25. The SMILES string of the molecule is COCCNc1ccc(C(=O)N(C)C[C@@H]2COc3ccccc3O2)cc1[N+](=O)[O-]. The molecule has 0 aliphatic carbocycles. The van der Waals surface area contributed by atoms with Gasteiger partial charge in [-0.2, -0.15) is 0 Å². The second-order valence-electron chi connectivity index (χ2n) is 6.59. The van der Waals surface area contributed by atoms with Crippen molar-refractivity contribution < 1.29 is 23.9 Å². The van der Waals surface area contributed by atoms with E-state index in [0.717, 1.165) is 0 Å². The third-order valence-electron chi connectivity index (χ3n) is 4.45. The number of amides is 1. The van der Waals surface area contributed by atoms with Gasteiger partial charge in [0.2, 0.25) is 0 Å². The molecule has 0 aromatic heterocycles. The molecule has 0 spiro atoms. The summed E-state index contributed by atoms with van der Waals surface area (Å²) in [6.45, 7) is 1.43. The van der Waals surface area contributed by atoms with Gasteiger partial charge in [-0.15, -0.1) is 0 Å². The lowest BCUT2D eigenvalue weighted by molar-refractivity contribution is -0.384. The Kier molecular flexibility index (Phi) is 6.50. The van der Waals surface area contributed by atoms with Crippen molar-refractivity contribution in [3.8, 4) is 11.5 Å². The number of para-hydroxylation sites is 2. The summed E-state index contributed by atoms with van der Waals surface area (Å²) in [5.41, 5.74) is 0.409. The summed E-state index contributed by atoms with van der Waals surface area (Å²) in [5, 5.41) is 14.3. The second kappa shape index (κ2) is 9.24. The lowest BCUT2D eigenvalue weighted by atomic mass is 10.1. The molecular formula is C20H23N3O6. The van der Waals surface area contributed by atoms with Gasteiger partial charge in [-0.3, -0.25) is 14.9 Å². The van der Waals surface area contributed by atoms with Gasteiger partial charge in [0.15, 0.2) is 17.6 Å². The van der Waals surface area contributed by atoms with Gasteiger partial charge in [-0.25, -0.2) is 0 Å². The van der Waals surface area contributed by atoms with Crippen LogP contribution in [0.1, 0.15) is 10.4 Å². The van der Waals surface area contributed by atoms with E-state index in [1.54, 1.807) is 20.2 Å². The number of fused-ring (bicyclic) bond motifs is 1. The van der Waals surface area contributed by atoms with Crippen molar-refractivity contribution in [1.29, 1.82) is 0 Å². The Hall–Kier alpha value is -3.33. The van der Waals surface area contributed by atoms with Gasteiger partial charge < -0.3 is 24.4 Å². The Bertz CT molecular complexity index is 888.